The van der Waals surface area contributed by atoms with E-state index in [4.69, 9.17) is 0 Å². The van der Waals surface area contributed by atoms with E-state index < -0.39 is 0 Å². The number of carbonyl (C=O) groups is 2. The normalized spacial score (nSPS) is 15.5. The average Bonchev–Trinajstić information content (AvgIpc) is 3.01. The Labute approximate surface area is 150 Å². The third-order valence-electron chi connectivity index (χ3n) is 4.60. The van der Waals surface area contributed by atoms with Crippen molar-refractivity contribution in [1.82, 2.24) is 20.4 Å². The summed E-state index contributed by atoms with van der Waals surface area (Å²) in [6.07, 6.45) is 3.31. The van der Waals surface area contributed by atoms with E-state index in [2.05, 4.69) is 27.7 Å². The molecule has 2 N–H and O–H groups in total. The van der Waals surface area contributed by atoms with Gasteiger partial charge in [0, 0.05) is 38.6 Å². The smallest absolute Gasteiger partial charge is 0.314 e. The quantitative estimate of drug-likeness (QED) is 0.666. The van der Waals surface area contributed by atoms with Crippen LogP contribution in [0.2, 0.25) is 0 Å². The minimum Gasteiger partial charge on any atom is -0.343 e. The number of carbonyl (C=O) groups excluding carboxylic acids is 2. The highest BCUT2D eigenvalue weighted by Crippen LogP contribution is 2.09. The molecule has 1 unspecified atom stereocenters. The molecule has 1 saturated heterocycles. The molecule has 1 atom stereocenters. The standard InChI is InChI=1S/C19H30N4O2/c1-22(2)17(14-16-8-4-3-5-9-16)15-21-19(25)20-11-7-13-23-12-6-10-18(23)24/h3-5,8-9,17H,6-7,10-15H2,1-2H3,(H2,20,21,25). The first-order valence-corrected chi connectivity index (χ1v) is 9.06. The van der Waals surface area contributed by atoms with E-state index in [9.17, 15) is 9.59 Å². The summed E-state index contributed by atoms with van der Waals surface area (Å²) < 4.78 is 0. The molecule has 0 aliphatic carbocycles. The molecule has 0 saturated carbocycles. The number of urea groups is 1. The molecule has 6 nitrogen and oxygen atoms in total. The average molecular weight is 346 g/mol. The van der Waals surface area contributed by atoms with Gasteiger partial charge in [-0.05, 0) is 38.9 Å². The molecule has 1 heterocycles. The van der Waals surface area contributed by atoms with Gasteiger partial charge in [-0.2, -0.15) is 0 Å². The Bertz CT molecular complexity index is 548. The van der Waals surface area contributed by atoms with Crippen molar-refractivity contribution in [2.45, 2.75) is 31.7 Å². The zero-order valence-corrected chi connectivity index (χ0v) is 15.3. The molecule has 25 heavy (non-hydrogen) atoms. The van der Waals surface area contributed by atoms with Crippen LogP contribution in [0, 0.1) is 0 Å². The number of nitrogens with zero attached hydrogens (tertiary/aromatic N) is 2. The van der Waals surface area contributed by atoms with Crippen LogP contribution in [-0.2, 0) is 11.2 Å². The molecule has 1 aromatic rings. The maximum atomic E-state index is 12.0. The van der Waals surface area contributed by atoms with E-state index in [1.807, 2.05) is 37.2 Å². The number of likely N-dealkylation sites (tertiary alicyclic amines) is 1. The topological polar surface area (TPSA) is 64.7 Å². The summed E-state index contributed by atoms with van der Waals surface area (Å²) >= 11 is 0. The number of hydrogen-bond acceptors (Lipinski definition) is 3. The fraction of sp³-hybridized carbons (Fsp3) is 0.579. The lowest BCUT2D eigenvalue weighted by Crippen LogP contribution is -2.45. The van der Waals surface area contributed by atoms with Crippen LogP contribution < -0.4 is 10.6 Å². The van der Waals surface area contributed by atoms with E-state index in [-0.39, 0.29) is 18.0 Å². The Morgan fingerprint density at radius 2 is 2.00 bits per heavy atom. The van der Waals surface area contributed by atoms with Crippen LogP contribution in [0.15, 0.2) is 30.3 Å². The molecule has 1 aliphatic rings. The summed E-state index contributed by atoms with van der Waals surface area (Å²) in [6, 6.07) is 10.4. The molecule has 1 aromatic carbocycles. The largest absolute Gasteiger partial charge is 0.343 e. The van der Waals surface area contributed by atoms with Crippen molar-refractivity contribution >= 4 is 11.9 Å². The minimum atomic E-state index is -0.146. The summed E-state index contributed by atoms with van der Waals surface area (Å²) in [5, 5.41) is 5.82. The van der Waals surface area contributed by atoms with Crippen molar-refractivity contribution in [3.63, 3.8) is 0 Å². The van der Waals surface area contributed by atoms with Crippen molar-refractivity contribution in [3.8, 4) is 0 Å². The van der Waals surface area contributed by atoms with Crippen LogP contribution in [0.5, 0.6) is 0 Å². The third-order valence-corrected chi connectivity index (χ3v) is 4.60. The van der Waals surface area contributed by atoms with Gasteiger partial charge in [0.05, 0.1) is 0 Å². The molecule has 6 heteroatoms. The zero-order chi connectivity index (χ0) is 18.1. The molecular formula is C19H30N4O2. The van der Waals surface area contributed by atoms with Crippen LogP contribution in [0.3, 0.4) is 0 Å². The number of nitrogens with one attached hydrogen (secondary N) is 2. The van der Waals surface area contributed by atoms with Gasteiger partial charge >= 0.3 is 6.03 Å². The first kappa shape index (κ1) is 19.2. The Balaban J connectivity index is 1.64. The number of likely N-dealkylation sites (N-methyl/N-ethyl adjacent to an activating group) is 1. The highest BCUT2D eigenvalue weighted by atomic mass is 16.2. The molecule has 0 radical (unpaired) electrons. The van der Waals surface area contributed by atoms with Gasteiger partial charge in [0.2, 0.25) is 5.91 Å². The lowest BCUT2D eigenvalue weighted by Gasteiger charge is -2.25. The van der Waals surface area contributed by atoms with E-state index in [0.29, 0.717) is 19.5 Å². The Morgan fingerprint density at radius 1 is 1.24 bits per heavy atom. The molecule has 1 fully saturated rings. The maximum Gasteiger partial charge on any atom is 0.314 e. The first-order valence-electron chi connectivity index (χ1n) is 9.06. The van der Waals surface area contributed by atoms with Gasteiger partial charge in [-0.15, -0.1) is 0 Å². The van der Waals surface area contributed by atoms with Gasteiger partial charge < -0.3 is 20.4 Å². The zero-order valence-electron chi connectivity index (χ0n) is 15.3. The van der Waals surface area contributed by atoms with Crippen molar-refractivity contribution < 1.29 is 9.59 Å². The van der Waals surface area contributed by atoms with Crippen molar-refractivity contribution in [1.29, 1.82) is 0 Å². The second-order valence-electron chi connectivity index (χ2n) is 6.78. The lowest BCUT2D eigenvalue weighted by molar-refractivity contribution is -0.127. The highest BCUT2D eigenvalue weighted by molar-refractivity contribution is 5.78. The minimum absolute atomic E-state index is 0.146. The third kappa shape index (κ3) is 6.74. The number of rotatable bonds is 9. The van der Waals surface area contributed by atoms with E-state index in [0.717, 1.165) is 32.4 Å². The monoisotopic (exact) mass is 346 g/mol. The van der Waals surface area contributed by atoms with Gasteiger partial charge in [-0.1, -0.05) is 30.3 Å². The van der Waals surface area contributed by atoms with E-state index >= 15 is 0 Å². The van der Waals surface area contributed by atoms with Crippen LogP contribution in [-0.4, -0.2) is 68.1 Å². The molecule has 0 spiro atoms. The second kappa shape index (κ2) is 10.0. The van der Waals surface area contributed by atoms with Crippen molar-refractivity contribution in [3.05, 3.63) is 35.9 Å². The Hall–Kier alpha value is -2.08. The van der Waals surface area contributed by atoms with Gasteiger partial charge in [-0.25, -0.2) is 4.79 Å². The van der Waals surface area contributed by atoms with Crippen molar-refractivity contribution in [2.24, 2.45) is 0 Å². The summed E-state index contributed by atoms with van der Waals surface area (Å²) in [7, 11) is 4.06. The summed E-state index contributed by atoms with van der Waals surface area (Å²) in [5.41, 5.74) is 1.26. The van der Waals surface area contributed by atoms with E-state index in [1.165, 1.54) is 5.56 Å². The Kier molecular flexibility index (Phi) is 7.73. The highest BCUT2D eigenvalue weighted by Gasteiger charge is 2.19. The number of benzene rings is 1. The first-order chi connectivity index (χ1) is 12.1. The number of hydrogen-bond donors (Lipinski definition) is 2. The molecule has 1 aliphatic heterocycles. The van der Waals surface area contributed by atoms with E-state index in [1.54, 1.807) is 0 Å². The van der Waals surface area contributed by atoms with Crippen LogP contribution >= 0.6 is 0 Å². The summed E-state index contributed by atoms with van der Waals surface area (Å²) in [6.45, 7) is 2.77. The van der Waals surface area contributed by atoms with Crippen molar-refractivity contribution in [2.75, 3.05) is 40.3 Å². The SMILES string of the molecule is CN(C)C(CNC(=O)NCCCN1CCCC1=O)Cc1ccccc1. The molecular weight excluding hydrogens is 316 g/mol. The second-order valence-corrected chi connectivity index (χ2v) is 6.78. The molecule has 3 amide bonds. The van der Waals surface area contributed by atoms with Crippen LogP contribution in [0.25, 0.3) is 0 Å². The van der Waals surface area contributed by atoms with Gasteiger partial charge in [0.25, 0.3) is 0 Å². The Morgan fingerprint density at radius 3 is 2.64 bits per heavy atom. The predicted molar refractivity (Wildman–Crippen MR) is 99.5 cm³/mol. The summed E-state index contributed by atoms with van der Waals surface area (Å²) in [5.74, 6) is 0.235. The van der Waals surface area contributed by atoms with Crippen LogP contribution in [0.1, 0.15) is 24.8 Å². The molecule has 0 aromatic heterocycles. The fourth-order valence-electron chi connectivity index (χ4n) is 3.01. The molecule has 2 rings (SSSR count). The van der Waals surface area contributed by atoms with Gasteiger partial charge in [-0.3, -0.25) is 4.79 Å². The summed E-state index contributed by atoms with van der Waals surface area (Å²) in [4.78, 5) is 27.5. The molecule has 0 bridgehead atoms. The fourth-order valence-corrected chi connectivity index (χ4v) is 3.01. The van der Waals surface area contributed by atoms with Gasteiger partial charge in [0.15, 0.2) is 0 Å². The predicted octanol–water partition coefficient (Wildman–Crippen LogP) is 1.47. The maximum absolute atomic E-state index is 12.0. The van der Waals surface area contributed by atoms with Gasteiger partial charge in [0.1, 0.15) is 0 Å². The lowest BCUT2D eigenvalue weighted by atomic mass is 10.1. The molecule has 138 valence electrons. The number of amides is 3. The van der Waals surface area contributed by atoms with Crippen LogP contribution in [0.4, 0.5) is 4.79 Å².